The molecule has 3 aromatic rings. The fourth-order valence-corrected chi connectivity index (χ4v) is 4.87. The molecule has 1 aliphatic carbocycles. The SMILES string of the molecule is O=C(Nc1cnccc1[C@H]1C[C@@H](O)[C@H]2CCC[C@H]2O1)c1ccc(F)c(-c2c(F)cccc2F)n1. The average molecular weight is 469 g/mol. The van der Waals surface area contributed by atoms with Crippen LogP contribution in [-0.2, 0) is 4.74 Å². The number of amides is 1. The number of aromatic nitrogens is 2. The number of hydrogen-bond donors (Lipinski definition) is 2. The first-order valence-electron chi connectivity index (χ1n) is 11.1. The molecule has 0 unspecified atom stereocenters. The molecule has 0 radical (unpaired) electrons. The molecule has 1 aromatic carbocycles. The Bertz CT molecular complexity index is 1220. The van der Waals surface area contributed by atoms with Crippen molar-refractivity contribution in [3.8, 4) is 11.3 Å². The van der Waals surface area contributed by atoms with Gasteiger partial charge in [0, 0.05) is 24.1 Å². The van der Waals surface area contributed by atoms with E-state index < -0.39 is 46.8 Å². The van der Waals surface area contributed by atoms with Gasteiger partial charge in [0.15, 0.2) is 0 Å². The molecular formula is C25H22F3N3O3. The molecule has 1 aliphatic heterocycles. The van der Waals surface area contributed by atoms with Gasteiger partial charge in [0.2, 0.25) is 0 Å². The Kier molecular flexibility index (Phi) is 6.05. The summed E-state index contributed by atoms with van der Waals surface area (Å²) in [5.74, 6) is -3.52. The van der Waals surface area contributed by atoms with Crippen LogP contribution in [-0.4, -0.2) is 33.2 Å². The highest BCUT2D eigenvalue weighted by atomic mass is 19.1. The topological polar surface area (TPSA) is 84.3 Å². The van der Waals surface area contributed by atoms with E-state index in [-0.39, 0.29) is 17.7 Å². The Morgan fingerprint density at radius 1 is 1.06 bits per heavy atom. The molecule has 9 heteroatoms. The maximum Gasteiger partial charge on any atom is 0.274 e. The zero-order valence-corrected chi connectivity index (χ0v) is 18.0. The summed E-state index contributed by atoms with van der Waals surface area (Å²) in [6.07, 6.45) is 5.24. The van der Waals surface area contributed by atoms with Crippen molar-refractivity contribution in [3.05, 3.63) is 77.5 Å². The molecule has 4 atom stereocenters. The number of nitrogens with one attached hydrogen (secondary N) is 1. The number of fused-ring (bicyclic) bond motifs is 1. The number of aliphatic hydroxyl groups excluding tert-OH is 1. The van der Waals surface area contributed by atoms with Crippen molar-refractivity contribution in [2.24, 2.45) is 5.92 Å². The molecule has 2 N–H and O–H groups in total. The highest BCUT2D eigenvalue weighted by molar-refractivity contribution is 6.03. The number of aliphatic hydroxyl groups is 1. The predicted molar refractivity (Wildman–Crippen MR) is 117 cm³/mol. The highest BCUT2D eigenvalue weighted by Gasteiger charge is 2.41. The van der Waals surface area contributed by atoms with Crippen LogP contribution in [0.1, 0.15) is 47.8 Å². The number of halogens is 3. The zero-order valence-electron chi connectivity index (χ0n) is 18.0. The molecule has 0 bridgehead atoms. The zero-order chi connectivity index (χ0) is 23.8. The van der Waals surface area contributed by atoms with Crippen molar-refractivity contribution in [1.29, 1.82) is 0 Å². The lowest BCUT2D eigenvalue weighted by molar-refractivity contribution is -0.125. The predicted octanol–water partition coefficient (Wildman–Crippen LogP) is 4.80. The third kappa shape index (κ3) is 4.17. The Hall–Kier alpha value is -3.30. The maximum absolute atomic E-state index is 14.4. The summed E-state index contributed by atoms with van der Waals surface area (Å²) in [7, 11) is 0. The Balaban J connectivity index is 1.42. The van der Waals surface area contributed by atoms with Crippen LogP contribution in [0.25, 0.3) is 11.3 Å². The second-order valence-corrected chi connectivity index (χ2v) is 8.60. The summed E-state index contributed by atoms with van der Waals surface area (Å²) in [6.45, 7) is 0. The van der Waals surface area contributed by atoms with E-state index in [0.29, 0.717) is 17.7 Å². The third-order valence-electron chi connectivity index (χ3n) is 6.52. The van der Waals surface area contributed by atoms with Gasteiger partial charge < -0.3 is 15.2 Å². The number of benzene rings is 1. The molecule has 3 heterocycles. The Morgan fingerprint density at radius 2 is 1.85 bits per heavy atom. The molecule has 1 saturated carbocycles. The van der Waals surface area contributed by atoms with Gasteiger partial charge in [-0.05, 0) is 43.2 Å². The van der Waals surface area contributed by atoms with Gasteiger partial charge in [0.1, 0.15) is 28.8 Å². The van der Waals surface area contributed by atoms with Crippen LogP contribution in [0.5, 0.6) is 0 Å². The van der Waals surface area contributed by atoms with Crippen LogP contribution in [0.4, 0.5) is 18.9 Å². The maximum atomic E-state index is 14.4. The molecular weight excluding hydrogens is 447 g/mol. The number of carbonyl (C=O) groups is 1. The first kappa shape index (κ1) is 22.5. The monoisotopic (exact) mass is 469 g/mol. The van der Waals surface area contributed by atoms with Crippen molar-refractivity contribution in [3.63, 3.8) is 0 Å². The van der Waals surface area contributed by atoms with Gasteiger partial charge in [-0.25, -0.2) is 18.2 Å². The fraction of sp³-hybridized carbons (Fsp3) is 0.320. The summed E-state index contributed by atoms with van der Waals surface area (Å²) in [5, 5.41) is 13.3. The molecule has 34 heavy (non-hydrogen) atoms. The quantitative estimate of drug-likeness (QED) is 0.573. The fourth-order valence-electron chi connectivity index (χ4n) is 4.87. The van der Waals surface area contributed by atoms with Gasteiger partial charge >= 0.3 is 0 Å². The standard InChI is InChI=1S/C25H22F3N3O3/c26-15-4-2-5-16(27)23(15)24-17(28)7-8-18(30-24)25(33)31-19-12-29-10-9-13(19)22-11-20(32)14-3-1-6-21(14)34-22/h2,4-5,7-10,12,14,20-22,32H,1,3,6,11H2,(H,31,33)/t14-,20-,21-,22-/m1/s1. The van der Waals surface area contributed by atoms with Gasteiger partial charge in [0.05, 0.1) is 35.8 Å². The van der Waals surface area contributed by atoms with Crippen molar-refractivity contribution in [1.82, 2.24) is 9.97 Å². The summed E-state index contributed by atoms with van der Waals surface area (Å²) in [5.41, 5.74) is -0.469. The van der Waals surface area contributed by atoms with E-state index in [1.54, 1.807) is 12.3 Å². The van der Waals surface area contributed by atoms with Gasteiger partial charge in [-0.15, -0.1) is 0 Å². The van der Waals surface area contributed by atoms with Crippen molar-refractivity contribution in [2.75, 3.05) is 5.32 Å². The van der Waals surface area contributed by atoms with Crippen LogP contribution >= 0.6 is 0 Å². The van der Waals surface area contributed by atoms with E-state index in [2.05, 4.69) is 15.3 Å². The van der Waals surface area contributed by atoms with Crippen LogP contribution in [0.15, 0.2) is 48.8 Å². The smallest absolute Gasteiger partial charge is 0.274 e. The number of carbonyl (C=O) groups excluding carboxylic acids is 1. The van der Waals surface area contributed by atoms with E-state index >= 15 is 0 Å². The van der Waals surface area contributed by atoms with Gasteiger partial charge in [-0.1, -0.05) is 12.5 Å². The largest absolute Gasteiger partial charge is 0.393 e. The minimum absolute atomic E-state index is 0.0394. The second kappa shape index (κ2) is 9.15. The van der Waals surface area contributed by atoms with Crippen LogP contribution in [0, 0.1) is 23.4 Å². The summed E-state index contributed by atoms with van der Waals surface area (Å²) >= 11 is 0. The number of ether oxygens (including phenoxy) is 1. The summed E-state index contributed by atoms with van der Waals surface area (Å²) < 4.78 is 49.0. The molecule has 0 spiro atoms. The molecule has 6 nitrogen and oxygen atoms in total. The summed E-state index contributed by atoms with van der Waals surface area (Å²) in [6, 6.07) is 6.91. The van der Waals surface area contributed by atoms with E-state index in [1.165, 1.54) is 6.20 Å². The highest BCUT2D eigenvalue weighted by Crippen LogP contribution is 2.43. The van der Waals surface area contributed by atoms with Gasteiger partial charge in [-0.3, -0.25) is 9.78 Å². The van der Waals surface area contributed by atoms with Crippen molar-refractivity contribution in [2.45, 2.75) is 44.0 Å². The average Bonchev–Trinajstić information content (AvgIpc) is 3.30. The number of anilines is 1. The van der Waals surface area contributed by atoms with Gasteiger partial charge in [0.25, 0.3) is 5.91 Å². The summed E-state index contributed by atoms with van der Waals surface area (Å²) in [4.78, 5) is 20.9. The lowest BCUT2D eigenvalue weighted by atomic mass is 9.88. The van der Waals surface area contributed by atoms with E-state index in [0.717, 1.165) is 49.6 Å². The lowest BCUT2D eigenvalue weighted by Gasteiger charge is -2.37. The lowest BCUT2D eigenvalue weighted by Crippen LogP contribution is -2.38. The van der Waals surface area contributed by atoms with E-state index in [4.69, 9.17) is 4.74 Å². The minimum Gasteiger partial charge on any atom is -0.393 e. The molecule has 2 fully saturated rings. The number of rotatable bonds is 4. The van der Waals surface area contributed by atoms with E-state index in [9.17, 15) is 23.1 Å². The van der Waals surface area contributed by atoms with Crippen LogP contribution < -0.4 is 5.32 Å². The molecule has 1 amide bonds. The van der Waals surface area contributed by atoms with E-state index in [1.807, 2.05) is 0 Å². The molecule has 5 rings (SSSR count). The number of hydrogen-bond acceptors (Lipinski definition) is 5. The minimum atomic E-state index is -0.989. The second-order valence-electron chi connectivity index (χ2n) is 8.60. The molecule has 2 aliphatic rings. The third-order valence-corrected chi connectivity index (χ3v) is 6.52. The Morgan fingerprint density at radius 3 is 2.65 bits per heavy atom. The molecule has 176 valence electrons. The number of nitrogens with zero attached hydrogens (tertiary/aromatic N) is 2. The normalized spacial score (nSPS) is 24.0. The van der Waals surface area contributed by atoms with Crippen LogP contribution in [0.3, 0.4) is 0 Å². The first-order valence-corrected chi connectivity index (χ1v) is 11.1. The van der Waals surface area contributed by atoms with Crippen molar-refractivity contribution < 1.29 is 27.8 Å². The Labute approximate surface area is 193 Å². The van der Waals surface area contributed by atoms with Crippen LogP contribution in [0.2, 0.25) is 0 Å². The molecule has 1 saturated heterocycles. The number of pyridine rings is 2. The van der Waals surface area contributed by atoms with Gasteiger partial charge in [-0.2, -0.15) is 0 Å². The molecule has 2 aromatic heterocycles. The first-order chi connectivity index (χ1) is 16.4. The van der Waals surface area contributed by atoms with Crippen molar-refractivity contribution >= 4 is 11.6 Å².